The molecular formula is C9H19NO2. The minimum atomic E-state index is -0.591. The first kappa shape index (κ1) is 9.96. The van der Waals surface area contributed by atoms with Crippen LogP contribution < -0.4 is 5.32 Å². The summed E-state index contributed by atoms with van der Waals surface area (Å²) in [4.78, 5) is 0. The zero-order valence-electron chi connectivity index (χ0n) is 7.50. The molecule has 0 aromatic heterocycles. The second-order valence-electron chi connectivity index (χ2n) is 3.58. The van der Waals surface area contributed by atoms with Gasteiger partial charge in [0.15, 0.2) is 0 Å². The highest BCUT2D eigenvalue weighted by molar-refractivity contribution is 4.73. The Balaban J connectivity index is 2.05. The molecular weight excluding hydrogens is 154 g/mol. The predicted octanol–water partition coefficient (Wildman–Crippen LogP) is 0.262. The van der Waals surface area contributed by atoms with E-state index >= 15 is 0 Å². The van der Waals surface area contributed by atoms with E-state index in [1.807, 2.05) is 0 Å². The first-order chi connectivity index (χ1) is 5.83. The second kappa shape index (κ2) is 5.51. The van der Waals surface area contributed by atoms with Crippen molar-refractivity contribution in [3.63, 3.8) is 0 Å². The molecule has 72 valence electrons. The number of rotatable bonds is 4. The van der Waals surface area contributed by atoms with Gasteiger partial charge in [0, 0.05) is 12.6 Å². The third-order valence-electron chi connectivity index (χ3n) is 2.46. The van der Waals surface area contributed by atoms with E-state index in [1.165, 1.54) is 32.1 Å². The van der Waals surface area contributed by atoms with Crippen LogP contribution in [0.15, 0.2) is 0 Å². The first-order valence-electron chi connectivity index (χ1n) is 4.85. The molecule has 0 bridgehead atoms. The molecule has 0 spiro atoms. The molecule has 0 unspecified atom stereocenters. The van der Waals surface area contributed by atoms with Gasteiger partial charge in [-0.2, -0.15) is 0 Å². The van der Waals surface area contributed by atoms with Gasteiger partial charge in [-0.25, -0.2) is 0 Å². The van der Waals surface area contributed by atoms with E-state index in [4.69, 9.17) is 10.2 Å². The summed E-state index contributed by atoms with van der Waals surface area (Å²) < 4.78 is 0. The topological polar surface area (TPSA) is 52.5 Å². The van der Waals surface area contributed by atoms with E-state index in [2.05, 4.69) is 5.32 Å². The van der Waals surface area contributed by atoms with Crippen LogP contribution in [0.3, 0.4) is 0 Å². The van der Waals surface area contributed by atoms with E-state index in [1.54, 1.807) is 0 Å². The molecule has 1 aliphatic rings. The SMILES string of the molecule is OC[C@H](O)CNC1CCCCC1. The smallest absolute Gasteiger partial charge is 0.0895 e. The molecule has 1 fully saturated rings. The molecule has 1 aliphatic carbocycles. The van der Waals surface area contributed by atoms with Crippen molar-refractivity contribution in [1.82, 2.24) is 5.32 Å². The van der Waals surface area contributed by atoms with Gasteiger partial charge in [-0.1, -0.05) is 19.3 Å². The van der Waals surface area contributed by atoms with Crippen LogP contribution >= 0.6 is 0 Å². The summed E-state index contributed by atoms with van der Waals surface area (Å²) >= 11 is 0. The quantitative estimate of drug-likeness (QED) is 0.571. The van der Waals surface area contributed by atoms with Crippen LogP contribution in [0.4, 0.5) is 0 Å². The molecule has 0 radical (unpaired) electrons. The number of nitrogens with one attached hydrogen (secondary N) is 1. The fourth-order valence-electron chi connectivity index (χ4n) is 1.67. The minimum absolute atomic E-state index is 0.139. The molecule has 3 N–H and O–H groups in total. The van der Waals surface area contributed by atoms with Crippen molar-refractivity contribution < 1.29 is 10.2 Å². The Kier molecular flexibility index (Phi) is 4.58. The van der Waals surface area contributed by atoms with Crippen molar-refractivity contribution in [3.8, 4) is 0 Å². The lowest BCUT2D eigenvalue weighted by Crippen LogP contribution is -2.38. The van der Waals surface area contributed by atoms with E-state index in [9.17, 15) is 0 Å². The summed E-state index contributed by atoms with van der Waals surface area (Å²) in [6.45, 7) is 0.390. The molecule has 0 amide bonds. The molecule has 0 saturated heterocycles. The van der Waals surface area contributed by atoms with Crippen LogP contribution in [0.25, 0.3) is 0 Å². The van der Waals surface area contributed by atoms with Crippen LogP contribution in [0.2, 0.25) is 0 Å². The molecule has 12 heavy (non-hydrogen) atoms. The fraction of sp³-hybridized carbons (Fsp3) is 1.00. The van der Waals surface area contributed by atoms with Gasteiger partial charge in [-0.3, -0.25) is 0 Å². The van der Waals surface area contributed by atoms with Crippen molar-refractivity contribution >= 4 is 0 Å². The fourth-order valence-corrected chi connectivity index (χ4v) is 1.67. The lowest BCUT2D eigenvalue weighted by molar-refractivity contribution is 0.0904. The number of hydrogen-bond acceptors (Lipinski definition) is 3. The molecule has 1 rings (SSSR count). The van der Waals surface area contributed by atoms with Crippen molar-refractivity contribution in [3.05, 3.63) is 0 Å². The average molecular weight is 173 g/mol. The highest BCUT2D eigenvalue weighted by atomic mass is 16.3. The van der Waals surface area contributed by atoms with E-state index < -0.39 is 6.10 Å². The van der Waals surface area contributed by atoms with Gasteiger partial charge >= 0.3 is 0 Å². The van der Waals surface area contributed by atoms with E-state index in [0.29, 0.717) is 12.6 Å². The van der Waals surface area contributed by atoms with Gasteiger partial charge in [0.2, 0.25) is 0 Å². The van der Waals surface area contributed by atoms with Gasteiger partial charge in [-0.15, -0.1) is 0 Å². The molecule has 1 atom stereocenters. The first-order valence-corrected chi connectivity index (χ1v) is 4.85. The summed E-state index contributed by atoms with van der Waals surface area (Å²) in [5, 5.41) is 20.9. The van der Waals surface area contributed by atoms with Gasteiger partial charge in [0.1, 0.15) is 0 Å². The minimum Gasteiger partial charge on any atom is -0.394 e. The maximum atomic E-state index is 9.08. The number of aliphatic hydroxyl groups excluding tert-OH is 2. The molecule has 0 heterocycles. The van der Waals surface area contributed by atoms with E-state index in [-0.39, 0.29) is 6.61 Å². The second-order valence-corrected chi connectivity index (χ2v) is 3.58. The maximum Gasteiger partial charge on any atom is 0.0895 e. The lowest BCUT2D eigenvalue weighted by atomic mass is 9.95. The number of hydrogen-bond donors (Lipinski definition) is 3. The molecule has 0 aromatic rings. The molecule has 3 nitrogen and oxygen atoms in total. The molecule has 0 aromatic carbocycles. The largest absolute Gasteiger partial charge is 0.394 e. The maximum absolute atomic E-state index is 9.08. The van der Waals surface area contributed by atoms with Crippen molar-refractivity contribution in [1.29, 1.82) is 0 Å². The van der Waals surface area contributed by atoms with Crippen LogP contribution in [-0.4, -0.2) is 35.5 Å². The summed E-state index contributed by atoms with van der Waals surface area (Å²) in [5.74, 6) is 0. The Morgan fingerprint density at radius 2 is 1.92 bits per heavy atom. The highest BCUT2D eigenvalue weighted by Crippen LogP contribution is 2.16. The van der Waals surface area contributed by atoms with Crippen molar-refractivity contribution in [2.75, 3.05) is 13.2 Å². The van der Waals surface area contributed by atoms with E-state index in [0.717, 1.165) is 0 Å². The molecule has 0 aliphatic heterocycles. The van der Waals surface area contributed by atoms with Crippen LogP contribution in [-0.2, 0) is 0 Å². The normalized spacial score (nSPS) is 22.5. The Morgan fingerprint density at radius 1 is 1.25 bits per heavy atom. The molecule has 3 heteroatoms. The van der Waals surface area contributed by atoms with Crippen molar-refractivity contribution in [2.24, 2.45) is 0 Å². The summed E-state index contributed by atoms with van der Waals surface area (Å²) in [6, 6.07) is 0.569. The average Bonchev–Trinajstić information content (AvgIpc) is 2.16. The van der Waals surface area contributed by atoms with Crippen molar-refractivity contribution in [2.45, 2.75) is 44.2 Å². The Morgan fingerprint density at radius 3 is 2.50 bits per heavy atom. The molecule has 1 saturated carbocycles. The predicted molar refractivity (Wildman–Crippen MR) is 48.0 cm³/mol. The van der Waals surface area contributed by atoms with Crippen LogP contribution in [0, 0.1) is 0 Å². The monoisotopic (exact) mass is 173 g/mol. The van der Waals surface area contributed by atoms with Gasteiger partial charge < -0.3 is 15.5 Å². The lowest BCUT2D eigenvalue weighted by Gasteiger charge is -2.23. The summed E-state index contributed by atoms with van der Waals surface area (Å²) in [7, 11) is 0. The van der Waals surface area contributed by atoms with Crippen LogP contribution in [0.5, 0.6) is 0 Å². The van der Waals surface area contributed by atoms with Crippen LogP contribution in [0.1, 0.15) is 32.1 Å². The number of aliphatic hydroxyl groups is 2. The van der Waals surface area contributed by atoms with Gasteiger partial charge in [0.25, 0.3) is 0 Å². The Hall–Kier alpha value is -0.120. The Labute approximate surface area is 73.8 Å². The summed E-state index contributed by atoms with van der Waals surface area (Å²) in [6.07, 6.45) is 5.79. The van der Waals surface area contributed by atoms with Gasteiger partial charge in [-0.05, 0) is 12.8 Å². The highest BCUT2D eigenvalue weighted by Gasteiger charge is 2.13. The third-order valence-corrected chi connectivity index (χ3v) is 2.46. The Bertz CT molecular complexity index is 113. The zero-order chi connectivity index (χ0) is 8.81. The standard InChI is InChI=1S/C9H19NO2/c11-7-9(12)6-10-8-4-2-1-3-5-8/h8-12H,1-7H2/t9-/m1/s1. The zero-order valence-corrected chi connectivity index (χ0v) is 7.50. The van der Waals surface area contributed by atoms with Gasteiger partial charge in [0.05, 0.1) is 12.7 Å². The summed E-state index contributed by atoms with van der Waals surface area (Å²) in [5.41, 5.74) is 0. The third kappa shape index (κ3) is 3.52.